The van der Waals surface area contributed by atoms with Gasteiger partial charge in [0, 0.05) is 6.54 Å². The molecule has 0 aromatic heterocycles. The minimum Gasteiger partial charge on any atom is -0.316 e. The van der Waals surface area contributed by atoms with Crippen molar-refractivity contribution < 1.29 is 0 Å². The van der Waals surface area contributed by atoms with E-state index in [0.29, 0.717) is 5.41 Å². The van der Waals surface area contributed by atoms with E-state index in [-0.39, 0.29) is 0 Å². The molecule has 1 aliphatic rings. The summed E-state index contributed by atoms with van der Waals surface area (Å²) in [6.07, 6.45) is 4.12. The predicted molar refractivity (Wildman–Crippen MR) is 53.4 cm³/mol. The van der Waals surface area contributed by atoms with Gasteiger partial charge in [-0.15, -0.1) is 0 Å². The van der Waals surface area contributed by atoms with Gasteiger partial charge in [0.05, 0.1) is 0 Å². The molecule has 0 atom stereocenters. The van der Waals surface area contributed by atoms with E-state index < -0.39 is 0 Å². The van der Waals surface area contributed by atoms with Crippen LogP contribution in [0.3, 0.4) is 0 Å². The number of nitrogens with one attached hydrogen (secondary N) is 1. The number of hydrogen-bond donors (Lipinski definition) is 1. The molecule has 0 saturated heterocycles. The van der Waals surface area contributed by atoms with Gasteiger partial charge in [0.25, 0.3) is 0 Å². The van der Waals surface area contributed by atoms with Crippen molar-refractivity contribution in [3.8, 4) is 0 Å². The van der Waals surface area contributed by atoms with Crippen molar-refractivity contribution in [1.82, 2.24) is 10.2 Å². The van der Waals surface area contributed by atoms with Crippen LogP contribution in [0, 0.1) is 5.41 Å². The summed E-state index contributed by atoms with van der Waals surface area (Å²) in [4.78, 5) is 2.24. The highest BCUT2D eigenvalue weighted by atomic mass is 15.1. The lowest BCUT2D eigenvalue weighted by Gasteiger charge is -2.12. The fraction of sp³-hybridized carbons (Fsp3) is 1.00. The average molecular weight is 170 g/mol. The maximum atomic E-state index is 3.52. The molecule has 1 saturated carbocycles. The average Bonchev–Trinajstić information content (AvgIpc) is 2.67. The fourth-order valence-electron chi connectivity index (χ4n) is 1.30. The van der Waals surface area contributed by atoms with Crippen molar-refractivity contribution in [2.45, 2.75) is 26.2 Å². The number of nitrogens with zero attached hydrogens (tertiary/aromatic N) is 1. The zero-order chi connectivity index (χ0) is 9.03. The van der Waals surface area contributed by atoms with Crippen LogP contribution < -0.4 is 5.32 Å². The Hall–Kier alpha value is -0.0800. The fourth-order valence-corrected chi connectivity index (χ4v) is 1.30. The van der Waals surface area contributed by atoms with E-state index in [1.807, 2.05) is 0 Å². The third-order valence-corrected chi connectivity index (χ3v) is 2.61. The molecule has 12 heavy (non-hydrogen) atoms. The van der Waals surface area contributed by atoms with Crippen LogP contribution in [0.1, 0.15) is 26.2 Å². The van der Waals surface area contributed by atoms with E-state index in [0.717, 1.165) is 0 Å². The van der Waals surface area contributed by atoms with Crippen LogP contribution in [0.5, 0.6) is 0 Å². The lowest BCUT2D eigenvalue weighted by molar-refractivity contribution is 0.388. The maximum Gasteiger partial charge on any atom is 0.000518 e. The highest BCUT2D eigenvalue weighted by molar-refractivity contribution is 4.90. The lowest BCUT2D eigenvalue weighted by Crippen LogP contribution is -2.25. The molecule has 1 N–H and O–H groups in total. The van der Waals surface area contributed by atoms with Gasteiger partial charge in [-0.25, -0.2) is 0 Å². The SMILES string of the molecule is CN(C)CCCNCC1(C)CC1. The van der Waals surface area contributed by atoms with Gasteiger partial charge in [0.1, 0.15) is 0 Å². The predicted octanol–water partition coefficient (Wildman–Crippen LogP) is 1.33. The zero-order valence-electron chi connectivity index (χ0n) is 8.69. The highest BCUT2D eigenvalue weighted by Gasteiger charge is 2.36. The van der Waals surface area contributed by atoms with Gasteiger partial charge in [-0.2, -0.15) is 0 Å². The highest BCUT2D eigenvalue weighted by Crippen LogP contribution is 2.43. The molecule has 2 nitrogen and oxygen atoms in total. The molecule has 72 valence electrons. The van der Waals surface area contributed by atoms with E-state index >= 15 is 0 Å². The Morgan fingerprint density at radius 1 is 1.33 bits per heavy atom. The second-order valence-corrected chi connectivity index (χ2v) is 4.64. The molecule has 0 aromatic rings. The minimum absolute atomic E-state index is 0.665. The Kier molecular flexibility index (Phi) is 3.53. The summed E-state index contributed by atoms with van der Waals surface area (Å²) < 4.78 is 0. The Balaban J connectivity index is 1.83. The summed E-state index contributed by atoms with van der Waals surface area (Å²) in [5.74, 6) is 0. The molecule has 1 aliphatic carbocycles. The Morgan fingerprint density at radius 2 is 2.00 bits per heavy atom. The van der Waals surface area contributed by atoms with Gasteiger partial charge in [-0.1, -0.05) is 6.92 Å². The van der Waals surface area contributed by atoms with Crippen LogP contribution in [-0.2, 0) is 0 Å². The van der Waals surface area contributed by atoms with Crippen LogP contribution in [0.4, 0.5) is 0 Å². The van der Waals surface area contributed by atoms with E-state index in [9.17, 15) is 0 Å². The first-order chi connectivity index (χ1) is 5.62. The topological polar surface area (TPSA) is 15.3 Å². The van der Waals surface area contributed by atoms with Crippen LogP contribution in [0.25, 0.3) is 0 Å². The summed E-state index contributed by atoms with van der Waals surface area (Å²) in [7, 11) is 4.25. The van der Waals surface area contributed by atoms with Crippen molar-refractivity contribution >= 4 is 0 Å². The van der Waals surface area contributed by atoms with Crippen LogP contribution in [0.2, 0.25) is 0 Å². The molecule has 0 aromatic carbocycles. The zero-order valence-corrected chi connectivity index (χ0v) is 8.69. The summed E-state index contributed by atoms with van der Waals surface area (Å²) >= 11 is 0. The molecule has 0 radical (unpaired) electrons. The third kappa shape index (κ3) is 4.07. The quantitative estimate of drug-likeness (QED) is 0.605. The molecule has 0 spiro atoms. The van der Waals surface area contributed by atoms with Crippen molar-refractivity contribution in [2.24, 2.45) is 5.41 Å². The molecule has 0 aliphatic heterocycles. The molecule has 1 rings (SSSR count). The van der Waals surface area contributed by atoms with Gasteiger partial charge >= 0.3 is 0 Å². The number of rotatable bonds is 6. The first-order valence-electron chi connectivity index (χ1n) is 4.98. The van der Waals surface area contributed by atoms with E-state index in [1.54, 1.807) is 0 Å². The van der Waals surface area contributed by atoms with Crippen LogP contribution >= 0.6 is 0 Å². The molecular formula is C10H22N2. The first kappa shape index (κ1) is 10.0. The normalized spacial score (nSPS) is 20.0. The van der Waals surface area contributed by atoms with Crippen molar-refractivity contribution in [3.63, 3.8) is 0 Å². The lowest BCUT2D eigenvalue weighted by atomic mass is 10.1. The van der Waals surface area contributed by atoms with Crippen molar-refractivity contribution in [1.29, 1.82) is 0 Å². The van der Waals surface area contributed by atoms with E-state index in [2.05, 4.69) is 31.2 Å². The van der Waals surface area contributed by atoms with Crippen molar-refractivity contribution in [3.05, 3.63) is 0 Å². The standard InChI is InChI=1S/C10H22N2/c1-10(5-6-10)9-11-7-4-8-12(2)3/h11H,4-9H2,1-3H3. The Bertz CT molecular complexity index is 128. The Labute approximate surface area is 76.3 Å². The summed E-state index contributed by atoms with van der Waals surface area (Å²) in [6, 6.07) is 0. The van der Waals surface area contributed by atoms with Gasteiger partial charge in [-0.3, -0.25) is 0 Å². The van der Waals surface area contributed by atoms with Gasteiger partial charge < -0.3 is 10.2 Å². The molecule has 0 bridgehead atoms. The molecule has 0 heterocycles. The minimum atomic E-state index is 0.665. The number of hydrogen-bond acceptors (Lipinski definition) is 2. The summed E-state index contributed by atoms with van der Waals surface area (Å²) in [6.45, 7) is 5.96. The van der Waals surface area contributed by atoms with Crippen molar-refractivity contribution in [2.75, 3.05) is 33.7 Å². The van der Waals surface area contributed by atoms with Gasteiger partial charge in [0.15, 0.2) is 0 Å². The van der Waals surface area contributed by atoms with Gasteiger partial charge in [-0.05, 0) is 51.9 Å². The monoisotopic (exact) mass is 170 g/mol. The van der Waals surface area contributed by atoms with E-state index in [1.165, 1.54) is 38.9 Å². The largest absolute Gasteiger partial charge is 0.316 e. The smallest absolute Gasteiger partial charge is 0.000518 e. The second kappa shape index (κ2) is 4.24. The molecule has 0 amide bonds. The molecule has 0 unspecified atom stereocenters. The van der Waals surface area contributed by atoms with Crippen LogP contribution in [-0.4, -0.2) is 38.6 Å². The van der Waals surface area contributed by atoms with E-state index in [4.69, 9.17) is 0 Å². The van der Waals surface area contributed by atoms with Gasteiger partial charge in [0.2, 0.25) is 0 Å². The molecule has 2 heteroatoms. The molecule has 1 fully saturated rings. The third-order valence-electron chi connectivity index (χ3n) is 2.61. The second-order valence-electron chi connectivity index (χ2n) is 4.64. The first-order valence-corrected chi connectivity index (χ1v) is 4.98. The summed E-state index contributed by atoms with van der Waals surface area (Å²) in [5.41, 5.74) is 0.665. The maximum absolute atomic E-state index is 3.52. The summed E-state index contributed by atoms with van der Waals surface area (Å²) in [5, 5.41) is 3.52. The Morgan fingerprint density at radius 3 is 2.50 bits per heavy atom. The molecular weight excluding hydrogens is 148 g/mol. The van der Waals surface area contributed by atoms with Crippen LogP contribution in [0.15, 0.2) is 0 Å².